The lowest BCUT2D eigenvalue weighted by Crippen LogP contribution is -2.09. The summed E-state index contributed by atoms with van der Waals surface area (Å²) in [4.78, 5) is 3.22. The van der Waals surface area contributed by atoms with Crippen LogP contribution in [-0.2, 0) is 12.6 Å². The summed E-state index contributed by atoms with van der Waals surface area (Å²) in [6.07, 6.45) is -3.51. The minimum absolute atomic E-state index is 0.0209. The maximum Gasteiger partial charge on any atom is 0.455 e. The first kappa shape index (κ1) is 11.0. The second-order valence-electron chi connectivity index (χ2n) is 2.72. The van der Waals surface area contributed by atoms with E-state index in [1.54, 1.807) is 7.05 Å². The van der Waals surface area contributed by atoms with Crippen molar-refractivity contribution in [2.24, 2.45) is 0 Å². The van der Waals surface area contributed by atoms with Crippen LogP contribution in [0.25, 0.3) is 0 Å². The van der Waals surface area contributed by atoms with Crippen LogP contribution in [0.3, 0.4) is 0 Å². The summed E-state index contributed by atoms with van der Waals surface area (Å²) >= 11 is 0. The van der Waals surface area contributed by atoms with Crippen molar-refractivity contribution in [1.29, 1.82) is 0 Å². The molecule has 0 aliphatic rings. The molecule has 0 saturated heterocycles. The van der Waals surface area contributed by atoms with Crippen molar-refractivity contribution in [2.45, 2.75) is 19.0 Å². The number of halogens is 3. The summed E-state index contributed by atoms with van der Waals surface area (Å²) in [5.41, 5.74) is 0. The zero-order valence-corrected chi connectivity index (χ0v) is 7.56. The van der Waals surface area contributed by atoms with Crippen LogP contribution < -0.4 is 5.32 Å². The topological polar surface area (TPSA) is 51.0 Å². The molecule has 0 saturated carbocycles. The molecule has 1 heterocycles. The molecule has 7 heteroatoms. The summed E-state index contributed by atoms with van der Waals surface area (Å²) < 4.78 is 40.4. The fraction of sp³-hybridized carbons (Fsp3) is 0.714. The van der Waals surface area contributed by atoms with Crippen molar-refractivity contribution in [3.63, 3.8) is 0 Å². The van der Waals surface area contributed by atoms with Gasteiger partial charge < -0.3 is 9.84 Å². The number of rotatable bonds is 4. The number of aromatic nitrogens is 2. The first-order chi connectivity index (χ1) is 6.54. The van der Waals surface area contributed by atoms with Gasteiger partial charge in [0, 0.05) is 6.42 Å². The van der Waals surface area contributed by atoms with E-state index in [2.05, 4.69) is 20.0 Å². The Kier molecular flexibility index (Phi) is 3.45. The lowest BCUT2D eigenvalue weighted by atomic mass is 10.3. The SMILES string of the molecule is CNCCCc1nc(C(F)(F)F)no1. The van der Waals surface area contributed by atoms with E-state index in [1.165, 1.54) is 0 Å². The monoisotopic (exact) mass is 209 g/mol. The van der Waals surface area contributed by atoms with Crippen LogP contribution in [0.15, 0.2) is 4.52 Å². The van der Waals surface area contributed by atoms with Gasteiger partial charge in [0.25, 0.3) is 5.82 Å². The molecule has 14 heavy (non-hydrogen) atoms. The van der Waals surface area contributed by atoms with Gasteiger partial charge in [-0.15, -0.1) is 0 Å². The number of hydrogen-bond acceptors (Lipinski definition) is 4. The molecule has 0 spiro atoms. The number of aryl methyl sites for hydroxylation is 1. The second kappa shape index (κ2) is 4.41. The third kappa shape index (κ3) is 2.99. The average molecular weight is 209 g/mol. The molecule has 0 radical (unpaired) electrons. The summed E-state index contributed by atoms with van der Waals surface area (Å²) in [6, 6.07) is 0. The van der Waals surface area contributed by atoms with Crippen molar-refractivity contribution in [1.82, 2.24) is 15.5 Å². The molecule has 0 aliphatic heterocycles. The van der Waals surface area contributed by atoms with Crippen molar-refractivity contribution in [2.75, 3.05) is 13.6 Å². The smallest absolute Gasteiger partial charge is 0.339 e. The van der Waals surface area contributed by atoms with Crippen LogP contribution in [-0.4, -0.2) is 23.7 Å². The summed E-state index contributed by atoms with van der Waals surface area (Å²) in [5, 5.41) is 5.70. The zero-order chi connectivity index (χ0) is 10.6. The molecule has 0 bridgehead atoms. The normalized spacial score (nSPS) is 12.0. The summed E-state index contributed by atoms with van der Waals surface area (Å²) in [7, 11) is 1.76. The highest BCUT2D eigenvalue weighted by atomic mass is 19.4. The van der Waals surface area contributed by atoms with Gasteiger partial charge in [0.15, 0.2) is 0 Å². The van der Waals surface area contributed by atoms with E-state index in [0.717, 1.165) is 0 Å². The van der Waals surface area contributed by atoms with Crippen LogP contribution in [0.2, 0.25) is 0 Å². The van der Waals surface area contributed by atoms with Crippen molar-refractivity contribution < 1.29 is 17.7 Å². The maximum absolute atomic E-state index is 12.0. The Hall–Kier alpha value is -1.11. The molecule has 0 aliphatic carbocycles. The third-order valence-electron chi connectivity index (χ3n) is 1.54. The highest BCUT2D eigenvalue weighted by Gasteiger charge is 2.37. The minimum atomic E-state index is -4.52. The van der Waals surface area contributed by atoms with Gasteiger partial charge in [-0.25, -0.2) is 0 Å². The van der Waals surface area contributed by atoms with Gasteiger partial charge in [0.1, 0.15) is 0 Å². The first-order valence-corrected chi connectivity index (χ1v) is 4.08. The highest BCUT2D eigenvalue weighted by molar-refractivity contribution is 4.90. The van der Waals surface area contributed by atoms with Gasteiger partial charge in [0.2, 0.25) is 5.89 Å². The third-order valence-corrected chi connectivity index (χ3v) is 1.54. The van der Waals surface area contributed by atoms with Crippen LogP contribution in [0.4, 0.5) is 13.2 Å². The molecule has 4 nitrogen and oxygen atoms in total. The number of nitrogens with zero attached hydrogens (tertiary/aromatic N) is 2. The van der Waals surface area contributed by atoms with E-state index >= 15 is 0 Å². The second-order valence-corrected chi connectivity index (χ2v) is 2.72. The summed E-state index contributed by atoms with van der Waals surface area (Å²) in [6.45, 7) is 0.698. The molecule has 1 aromatic rings. The molecule has 1 aromatic heterocycles. The van der Waals surface area contributed by atoms with Crippen molar-refractivity contribution in [3.8, 4) is 0 Å². The Bertz CT molecular complexity index is 284. The van der Waals surface area contributed by atoms with Crippen LogP contribution in [0.5, 0.6) is 0 Å². The van der Waals surface area contributed by atoms with E-state index < -0.39 is 12.0 Å². The lowest BCUT2D eigenvalue weighted by molar-refractivity contribution is -0.146. The van der Waals surface area contributed by atoms with Crippen molar-refractivity contribution >= 4 is 0 Å². The van der Waals surface area contributed by atoms with Gasteiger partial charge in [-0.3, -0.25) is 0 Å². The maximum atomic E-state index is 12.0. The molecule has 80 valence electrons. The zero-order valence-electron chi connectivity index (χ0n) is 7.56. The number of nitrogens with one attached hydrogen (secondary N) is 1. The van der Waals surface area contributed by atoms with E-state index in [9.17, 15) is 13.2 Å². The molecule has 0 unspecified atom stereocenters. The summed E-state index contributed by atoms with van der Waals surface area (Å²) in [5.74, 6) is -1.19. The Morgan fingerprint density at radius 1 is 1.43 bits per heavy atom. The Morgan fingerprint density at radius 3 is 2.64 bits per heavy atom. The number of alkyl halides is 3. The van der Waals surface area contributed by atoms with Crippen LogP contribution in [0.1, 0.15) is 18.1 Å². The Labute approximate surface area is 78.5 Å². The van der Waals surface area contributed by atoms with E-state index in [0.29, 0.717) is 19.4 Å². The quantitative estimate of drug-likeness (QED) is 0.758. The van der Waals surface area contributed by atoms with E-state index in [-0.39, 0.29) is 5.89 Å². The molecule has 0 aromatic carbocycles. The minimum Gasteiger partial charge on any atom is -0.339 e. The lowest BCUT2D eigenvalue weighted by Gasteiger charge is -1.96. The fourth-order valence-electron chi connectivity index (χ4n) is 0.888. The predicted molar refractivity (Wildman–Crippen MR) is 41.5 cm³/mol. The molecular weight excluding hydrogens is 199 g/mol. The Morgan fingerprint density at radius 2 is 2.14 bits per heavy atom. The molecule has 1 rings (SSSR count). The van der Waals surface area contributed by atoms with Crippen LogP contribution >= 0.6 is 0 Å². The van der Waals surface area contributed by atoms with Gasteiger partial charge in [0.05, 0.1) is 0 Å². The molecule has 1 N–H and O–H groups in total. The predicted octanol–water partition coefficient (Wildman–Crippen LogP) is 1.24. The average Bonchev–Trinajstić information content (AvgIpc) is 2.52. The van der Waals surface area contributed by atoms with Gasteiger partial charge in [-0.05, 0) is 20.0 Å². The fourth-order valence-corrected chi connectivity index (χ4v) is 0.888. The molecule has 0 atom stereocenters. The van der Waals surface area contributed by atoms with Crippen molar-refractivity contribution in [3.05, 3.63) is 11.7 Å². The highest BCUT2D eigenvalue weighted by Crippen LogP contribution is 2.26. The molecular formula is C7H10F3N3O. The van der Waals surface area contributed by atoms with E-state index in [1.807, 2.05) is 0 Å². The Balaban J connectivity index is 2.51. The number of hydrogen-bond donors (Lipinski definition) is 1. The standard InChI is InChI=1S/C7H10F3N3O/c1-11-4-2-3-5-12-6(13-14-5)7(8,9)10/h11H,2-4H2,1H3. The van der Waals surface area contributed by atoms with Gasteiger partial charge in [-0.2, -0.15) is 18.2 Å². The largest absolute Gasteiger partial charge is 0.455 e. The molecule has 0 amide bonds. The van der Waals surface area contributed by atoms with E-state index in [4.69, 9.17) is 0 Å². The van der Waals surface area contributed by atoms with Gasteiger partial charge >= 0.3 is 6.18 Å². The van der Waals surface area contributed by atoms with Crippen LogP contribution in [0, 0.1) is 0 Å². The first-order valence-electron chi connectivity index (χ1n) is 4.08. The molecule has 0 fully saturated rings. The van der Waals surface area contributed by atoms with Gasteiger partial charge in [-0.1, -0.05) is 5.16 Å².